The molecule has 0 saturated carbocycles. The Morgan fingerprint density at radius 3 is 2.24 bits per heavy atom. The molecule has 1 heterocycles. The molecule has 0 unspecified atom stereocenters. The first-order chi connectivity index (χ1) is 17.8. The molecule has 0 atom stereocenters. The second-order valence-corrected chi connectivity index (χ2v) is 10.1. The molecule has 190 valence electrons. The summed E-state index contributed by atoms with van der Waals surface area (Å²) in [5.74, 6) is 0.312. The van der Waals surface area contributed by atoms with E-state index >= 15 is 0 Å². The Morgan fingerprint density at radius 2 is 1.65 bits per heavy atom. The fourth-order valence-corrected chi connectivity index (χ4v) is 4.88. The number of amides is 1. The van der Waals surface area contributed by atoms with Gasteiger partial charge >= 0.3 is 5.97 Å². The van der Waals surface area contributed by atoms with Crippen LogP contribution in [0.1, 0.15) is 48.9 Å². The summed E-state index contributed by atoms with van der Waals surface area (Å²) in [5.41, 5.74) is 4.70. The van der Waals surface area contributed by atoms with Crippen molar-refractivity contribution >= 4 is 40.6 Å². The number of carbonyl (C=O) groups excluding carboxylic acids is 1. The van der Waals surface area contributed by atoms with E-state index < -0.39 is 5.97 Å². The van der Waals surface area contributed by atoms with E-state index in [0.29, 0.717) is 40.4 Å². The standard InChI is InChI=1S/C30H30N2O4S/c1-4-32-29(35)27(37-30(32)31-25-13-7-22(8-14-25)18-28(33)34)17-21-9-15-26(16-10-21)36-19-23-5-11-24(12-6-23)20(2)3/h5-17,20H,4,18-19H2,1-3H3,(H,33,34)/b27-17-,31-30+. The minimum absolute atomic E-state index is 0.0344. The topological polar surface area (TPSA) is 79.2 Å². The molecule has 7 heteroatoms. The third-order valence-corrected chi connectivity index (χ3v) is 6.96. The highest BCUT2D eigenvalue weighted by molar-refractivity contribution is 8.18. The van der Waals surface area contributed by atoms with Crippen molar-refractivity contribution in [1.29, 1.82) is 0 Å². The highest BCUT2D eigenvalue weighted by Crippen LogP contribution is 2.34. The second-order valence-electron chi connectivity index (χ2n) is 9.05. The molecule has 0 radical (unpaired) electrons. The number of thioether (sulfide) groups is 1. The zero-order chi connectivity index (χ0) is 26.4. The SMILES string of the molecule is CCN1C(=O)/C(=C/c2ccc(OCc3ccc(C(C)C)cc3)cc2)S/C1=N/c1ccc(CC(=O)O)cc1. The summed E-state index contributed by atoms with van der Waals surface area (Å²) >= 11 is 1.33. The highest BCUT2D eigenvalue weighted by Gasteiger charge is 2.32. The molecule has 3 aromatic rings. The van der Waals surface area contributed by atoms with Crippen molar-refractivity contribution in [2.24, 2.45) is 4.99 Å². The van der Waals surface area contributed by atoms with Gasteiger partial charge in [0.15, 0.2) is 5.17 Å². The van der Waals surface area contributed by atoms with E-state index in [1.165, 1.54) is 17.3 Å². The molecule has 3 aromatic carbocycles. The molecular weight excluding hydrogens is 484 g/mol. The number of carboxylic acids is 1. The van der Waals surface area contributed by atoms with Crippen molar-refractivity contribution in [3.05, 3.63) is 100.0 Å². The molecule has 0 spiro atoms. The second kappa shape index (κ2) is 11.9. The van der Waals surface area contributed by atoms with Gasteiger partial charge in [-0.2, -0.15) is 0 Å². The number of hydrogen-bond donors (Lipinski definition) is 1. The van der Waals surface area contributed by atoms with Crippen molar-refractivity contribution in [2.45, 2.75) is 39.7 Å². The molecule has 0 bridgehead atoms. The molecule has 1 aliphatic rings. The van der Waals surface area contributed by atoms with Crippen molar-refractivity contribution in [2.75, 3.05) is 6.54 Å². The van der Waals surface area contributed by atoms with Crippen LogP contribution in [0.3, 0.4) is 0 Å². The number of nitrogens with zero attached hydrogens (tertiary/aromatic N) is 2. The lowest BCUT2D eigenvalue weighted by Crippen LogP contribution is -2.28. The molecular formula is C30H30N2O4S. The molecule has 6 nitrogen and oxygen atoms in total. The Bertz CT molecular complexity index is 1310. The third kappa shape index (κ3) is 6.89. The Hall–Kier alpha value is -3.84. The number of hydrogen-bond acceptors (Lipinski definition) is 5. The Kier molecular flexibility index (Phi) is 8.46. The van der Waals surface area contributed by atoms with E-state index in [-0.39, 0.29) is 12.3 Å². The highest BCUT2D eigenvalue weighted by atomic mass is 32.2. The van der Waals surface area contributed by atoms with E-state index in [4.69, 9.17) is 9.84 Å². The van der Waals surface area contributed by atoms with Crippen LogP contribution in [0, 0.1) is 0 Å². The van der Waals surface area contributed by atoms with Gasteiger partial charge in [0.05, 0.1) is 17.0 Å². The van der Waals surface area contributed by atoms with Gasteiger partial charge in [0, 0.05) is 6.54 Å². The number of ether oxygens (including phenoxy) is 1. The van der Waals surface area contributed by atoms with Crippen molar-refractivity contribution in [1.82, 2.24) is 4.90 Å². The van der Waals surface area contributed by atoms with Gasteiger partial charge in [-0.05, 0) is 77.2 Å². The molecule has 1 aliphatic heterocycles. The maximum atomic E-state index is 13.0. The van der Waals surface area contributed by atoms with E-state index in [2.05, 4.69) is 43.1 Å². The number of aliphatic carboxylic acids is 1. The minimum atomic E-state index is -0.876. The van der Waals surface area contributed by atoms with Gasteiger partial charge in [0.2, 0.25) is 0 Å². The van der Waals surface area contributed by atoms with E-state index in [1.54, 1.807) is 29.2 Å². The summed E-state index contributed by atoms with van der Waals surface area (Å²) in [6.07, 6.45) is 1.83. The number of rotatable bonds is 9. The number of benzene rings is 3. The predicted octanol–water partition coefficient (Wildman–Crippen LogP) is 6.64. The smallest absolute Gasteiger partial charge is 0.307 e. The molecule has 37 heavy (non-hydrogen) atoms. The van der Waals surface area contributed by atoms with Crippen LogP contribution in [0.15, 0.2) is 82.7 Å². The molecule has 1 amide bonds. The van der Waals surface area contributed by atoms with Gasteiger partial charge in [0.25, 0.3) is 5.91 Å². The lowest BCUT2D eigenvalue weighted by Gasteiger charge is -2.12. The largest absolute Gasteiger partial charge is 0.489 e. The van der Waals surface area contributed by atoms with Gasteiger partial charge in [-0.3, -0.25) is 14.5 Å². The van der Waals surface area contributed by atoms with Gasteiger partial charge in [0.1, 0.15) is 12.4 Å². The van der Waals surface area contributed by atoms with Gasteiger partial charge in [-0.1, -0.05) is 62.4 Å². The summed E-state index contributed by atoms with van der Waals surface area (Å²) in [4.78, 5) is 30.7. The fourth-order valence-electron chi connectivity index (χ4n) is 3.82. The first-order valence-electron chi connectivity index (χ1n) is 12.2. The summed E-state index contributed by atoms with van der Waals surface area (Å²) in [7, 11) is 0. The maximum Gasteiger partial charge on any atom is 0.307 e. The summed E-state index contributed by atoms with van der Waals surface area (Å²) in [6.45, 7) is 7.27. The molecule has 1 N–H and O–H groups in total. The first-order valence-corrected chi connectivity index (χ1v) is 13.1. The summed E-state index contributed by atoms with van der Waals surface area (Å²) in [5, 5.41) is 9.54. The first kappa shape index (κ1) is 26.2. The van der Waals surface area contributed by atoms with Crippen molar-refractivity contribution < 1.29 is 19.4 Å². The van der Waals surface area contributed by atoms with E-state index in [0.717, 1.165) is 16.9 Å². The van der Waals surface area contributed by atoms with Crippen LogP contribution in [-0.2, 0) is 22.6 Å². The zero-order valence-electron chi connectivity index (χ0n) is 21.2. The monoisotopic (exact) mass is 514 g/mol. The minimum Gasteiger partial charge on any atom is -0.489 e. The number of carboxylic acid groups (broad SMARTS) is 1. The Labute approximate surface area is 221 Å². The average Bonchev–Trinajstić information content (AvgIpc) is 3.18. The normalized spacial score (nSPS) is 15.7. The van der Waals surface area contributed by atoms with Gasteiger partial charge < -0.3 is 9.84 Å². The molecule has 0 aliphatic carbocycles. The Morgan fingerprint density at radius 1 is 1.00 bits per heavy atom. The van der Waals surface area contributed by atoms with E-state index in [9.17, 15) is 9.59 Å². The van der Waals surface area contributed by atoms with Crippen LogP contribution < -0.4 is 4.74 Å². The van der Waals surface area contributed by atoms with Crippen LogP contribution >= 0.6 is 11.8 Å². The van der Waals surface area contributed by atoms with E-state index in [1.807, 2.05) is 37.3 Å². The van der Waals surface area contributed by atoms with Gasteiger partial charge in [-0.15, -0.1) is 0 Å². The number of likely N-dealkylation sites (N-methyl/N-ethyl adjacent to an activating group) is 1. The van der Waals surface area contributed by atoms with Crippen molar-refractivity contribution in [3.63, 3.8) is 0 Å². The predicted molar refractivity (Wildman–Crippen MR) is 149 cm³/mol. The Balaban J connectivity index is 1.42. The molecule has 1 saturated heterocycles. The quantitative estimate of drug-likeness (QED) is 0.324. The van der Waals surface area contributed by atoms with Crippen molar-refractivity contribution in [3.8, 4) is 5.75 Å². The van der Waals surface area contributed by atoms with Crippen LogP contribution in [0.4, 0.5) is 5.69 Å². The lowest BCUT2D eigenvalue weighted by molar-refractivity contribution is -0.136. The third-order valence-electron chi connectivity index (χ3n) is 5.95. The van der Waals surface area contributed by atoms with Crippen LogP contribution in [0.5, 0.6) is 5.75 Å². The van der Waals surface area contributed by atoms with Gasteiger partial charge in [-0.25, -0.2) is 4.99 Å². The number of amidine groups is 1. The molecule has 4 rings (SSSR count). The lowest BCUT2D eigenvalue weighted by atomic mass is 10.0. The van der Waals surface area contributed by atoms with Crippen LogP contribution in [0.2, 0.25) is 0 Å². The van der Waals surface area contributed by atoms with Crippen LogP contribution in [-0.4, -0.2) is 33.6 Å². The zero-order valence-corrected chi connectivity index (χ0v) is 22.0. The maximum absolute atomic E-state index is 13.0. The summed E-state index contributed by atoms with van der Waals surface area (Å²) < 4.78 is 5.93. The number of carbonyl (C=O) groups is 2. The average molecular weight is 515 g/mol. The van der Waals surface area contributed by atoms with Crippen LogP contribution in [0.25, 0.3) is 6.08 Å². The molecule has 0 aromatic heterocycles. The summed E-state index contributed by atoms with van der Waals surface area (Å²) in [6, 6.07) is 23.2. The number of aliphatic imine (C=N–C) groups is 1. The molecule has 1 fully saturated rings. The fraction of sp³-hybridized carbons (Fsp3) is 0.233.